The molecule has 0 radical (unpaired) electrons. The number of pyridine rings is 1. The number of carbonyl (C=O) groups is 2. The molecule has 2 aromatic heterocycles. The maximum absolute atomic E-state index is 14.0. The highest BCUT2D eigenvalue weighted by molar-refractivity contribution is 6.33. The van der Waals surface area contributed by atoms with Gasteiger partial charge in [-0.1, -0.05) is 60.1 Å². The zero-order chi connectivity index (χ0) is 38.9. The van der Waals surface area contributed by atoms with E-state index in [1.165, 1.54) is 12.1 Å². The number of nitro benzene ring substituents is 1. The van der Waals surface area contributed by atoms with Gasteiger partial charge in [0, 0.05) is 56.1 Å². The summed E-state index contributed by atoms with van der Waals surface area (Å²) in [6.45, 7) is 2.53. The molecule has 3 aliphatic heterocycles. The highest BCUT2D eigenvalue weighted by Crippen LogP contribution is 2.44. The summed E-state index contributed by atoms with van der Waals surface area (Å²) in [7, 11) is 0. The van der Waals surface area contributed by atoms with Gasteiger partial charge in [0.25, 0.3) is 5.69 Å². The number of anilines is 4. The molecule has 0 bridgehead atoms. The van der Waals surface area contributed by atoms with E-state index in [0.717, 1.165) is 22.4 Å². The number of piperidine rings is 2. The summed E-state index contributed by atoms with van der Waals surface area (Å²) in [6.07, 6.45) is 7.54. The molecule has 0 aliphatic carbocycles. The number of aromatic nitrogens is 3. The number of amides is 2. The van der Waals surface area contributed by atoms with E-state index in [4.69, 9.17) is 16.6 Å². The molecule has 2 N–H and O–H groups in total. The number of hydrogen-bond donors (Lipinski definition) is 2. The van der Waals surface area contributed by atoms with Crippen LogP contribution in [-0.2, 0) is 9.59 Å². The van der Waals surface area contributed by atoms with Crippen molar-refractivity contribution in [3.63, 3.8) is 0 Å². The average Bonchev–Trinajstić information content (AvgIpc) is 3.53. The molecule has 0 saturated carbocycles. The van der Waals surface area contributed by atoms with Crippen LogP contribution in [0.1, 0.15) is 38.5 Å². The van der Waals surface area contributed by atoms with Crippen molar-refractivity contribution in [2.75, 3.05) is 47.8 Å². The van der Waals surface area contributed by atoms with E-state index >= 15 is 0 Å². The van der Waals surface area contributed by atoms with Crippen LogP contribution in [-0.4, -0.2) is 80.0 Å². The molecule has 0 unspecified atom stereocenters. The number of likely N-dealkylation sites (tertiary alicyclic amines) is 1. The second-order valence-corrected chi connectivity index (χ2v) is 15.3. The fourth-order valence-electron chi connectivity index (χ4n) is 8.13. The maximum atomic E-state index is 14.0. The molecule has 0 atom stereocenters. The fourth-order valence-corrected chi connectivity index (χ4v) is 8.33. The predicted octanol–water partition coefficient (Wildman–Crippen LogP) is 7.28. The van der Waals surface area contributed by atoms with E-state index in [-0.39, 0.29) is 23.9 Å². The van der Waals surface area contributed by atoms with E-state index in [0.29, 0.717) is 92.9 Å². The molecular formula is C42H41ClN8O5. The summed E-state index contributed by atoms with van der Waals surface area (Å²) >= 11 is 6.58. The van der Waals surface area contributed by atoms with Crippen molar-refractivity contribution in [2.24, 2.45) is 5.41 Å². The third-order valence-corrected chi connectivity index (χ3v) is 11.7. The number of non-ortho nitro benzene ring substituents is 1. The van der Waals surface area contributed by atoms with E-state index in [2.05, 4.69) is 32.3 Å². The Balaban J connectivity index is 0.869. The van der Waals surface area contributed by atoms with E-state index < -0.39 is 15.9 Å². The molecule has 5 heterocycles. The number of aliphatic hydroxyl groups is 1. The van der Waals surface area contributed by atoms with Gasteiger partial charge in [0.15, 0.2) is 0 Å². The lowest BCUT2D eigenvalue weighted by atomic mass is 9.76. The van der Waals surface area contributed by atoms with Gasteiger partial charge in [-0.25, -0.2) is 9.97 Å². The Labute approximate surface area is 329 Å². The smallest absolute Gasteiger partial charge is 0.269 e. The van der Waals surface area contributed by atoms with Crippen LogP contribution in [0.15, 0.2) is 104 Å². The summed E-state index contributed by atoms with van der Waals surface area (Å²) < 4.78 is 0. The minimum Gasteiger partial charge on any atom is -0.389 e. The number of nitrogens with one attached hydrogen (secondary N) is 1. The molecule has 14 heteroatoms. The molecule has 286 valence electrons. The van der Waals surface area contributed by atoms with Gasteiger partial charge in [-0.2, -0.15) is 0 Å². The SMILES string of the molecule is O=C(CC1(O)CCN(c2ccc([N+](=O)[O-])cc2)CC1)N1CCC2(CC1)CCN(c1cncc(Nc3ncc(Cl)c(-c4cccc(-c5ccccc5)c4)n3)c1)C2=O. The molecule has 56 heavy (non-hydrogen) atoms. The van der Waals surface area contributed by atoms with Crippen LogP contribution in [0.2, 0.25) is 5.02 Å². The van der Waals surface area contributed by atoms with Crippen LogP contribution in [0, 0.1) is 15.5 Å². The monoisotopic (exact) mass is 772 g/mol. The van der Waals surface area contributed by atoms with Crippen molar-refractivity contribution in [3.8, 4) is 22.4 Å². The van der Waals surface area contributed by atoms with Crippen LogP contribution in [0.3, 0.4) is 0 Å². The number of halogens is 1. The molecule has 3 aromatic carbocycles. The number of rotatable bonds is 9. The van der Waals surface area contributed by atoms with Crippen molar-refractivity contribution in [3.05, 3.63) is 119 Å². The van der Waals surface area contributed by atoms with Crippen LogP contribution >= 0.6 is 11.6 Å². The Morgan fingerprint density at radius 1 is 0.821 bits per heavy atom. The number of benzene rings is 3. The standard InChI is InChI=1S/C42H41ClN8O5/c43-36-28-45-40(47-38(36)31-8-4-7-30(23-31)29-5-2-1-3-6-29)46-32-24-35(27-44-26-32)50-22-15-41(39(50)53)13-18-49(19-14-41)37(52)25-42(54)16-20-48(21-17-42)33-9-11-34(12-10-33)51(55)56/h1-12,23-24,26-28,54H,13-22,25H2,(H,45,46,47). The van der Waals surface area contributed by atoms with Crippen LogP contribution in [0.4, 0.5) is 28.7 Å². The first-order valence-electron chi connectivity index (χ1n) is 18.8. The first-order chi connectivity index (χ1) is 27.1. The summed E-state index contributed by atoms with van der Waals surface area (Å²) in [5.74, 6) is 0.270. The zero-order valence-corrected chi connectivity index (χ0v) is 31.4. The highest BCUT2D eigenvalue weighted by atomic mass is 35.5. The first kappa shape index (κ1) is 37.0. The number of nitro groups is 1. The first-order valence-corrected chi connectivity index (χ1v) is 19.2. The molecular weight excluding hydrogens is 732 g/mol. The summed E-state index contributed by atoms with van der Waals surface area (Å²) in [5.41, 5.74) is 4.07. The van der Waals surface area contributed by atoms with E-state index in [9.17, 15) is 24.8 Å². The van der Waals surface area contributed by atoms with Gasteiger partial charge in [-0.15, -0.1) is 0 Å². The van der Waals surface area contributed by atoms with Crippen LogP contribution < -0.4 is 15.1 Å². The molecule has 13 nitrogen and oxygen atoms in total. The summed E-state index contributed by atoms with van der Waals surface area (Å²) in [5, 5.41) is 26.0. The van der Waals surface area contributed by atoms with Crippen molar-refractivity contribution < 1.29 is 19.6 Å². The summed E-state index contributed by atoms with van der Waals surface area (Å²) in [4.78, 5) is 57.2. The van der Waals surface area contributed by atoms with Gasteiger partial charge in [-0.3, -0.25) is 24.7 Å². The van der Waals surface area contributed by atoms with Crippen molar-refractivity contribution in [2.45, 2.75) is 44.1 Å². The lowest BCUT2D eigenvalue weighted by Crippen LogP contribution is -2.50. The average molecular weight is 773 g/mol. The molecule has 8 rings (SSSR count). The predicted molar refractivity (Wildman–Crippen MR) is 215 cm³/mol. The van der Waals surface area contributed by atoms with Gasteiger partial charge in [-0.05, 0) is 67.5 Å². The maximum Gasteiger partial charge on any atom is 0.269 e. The third kappa shape index (κ3) is 7.64. The van der Waals surface area contributed by atoms with Crippen LogP contribution in [0.5, 0.6) is 0 Å². The Bertz CT molecular complexity index is 2260. The second kappa shape index (κ2) is 15.3. The number of hydrogen-bond acceptors (Lipinski definition) is 10. The van der Waals surface area contributed by atoms with Crippen molar-refractivity contribution in [1.82, 2.24) is 19.9 Å². The Kier molecular flexibility index (Phi) is 10.1. The molecule has 5 aromatic rings. The minimum atomic E-state index is -1.12. The fraction of sp³-hybridized carbons (Fsp3) is 0.310. The quantitative estimate of drug-likeness (QED) is 0.115. The lowest BCUT2D eigenvalue weighted by Gasteiger charge is -2.42. The largest absolute Gasteiger partial charge is 0.389 e. The van der Waals surface area contributed by atoms with Gasteiger partial charge in [0.2, 0.25) is 17.8 Å². The zero-order valence-electron chi connectivity index (χ0n) is 30.7. The van der Waals surface area contributed by atoms with Gasteiger partial charge < -0.3 is 25.1 Å². The molecule has 3 fully saturated rings. The minimum absolute atomic E-state index is 0.0263. The Morgan fingerprint density at radius 2 is 1.52 bits per heavy atom. The number of nitrogens with zero attached hydrogens (tertiary/aromatic N) is 7. The molecule has 3 saturated heterocycles. The summed E-state index contributed by atoms with van der Waals surface area (Å²) in [6, 6.07) is 26.4. The van der Waals surface area contributed by atoms with Crippen molar-refractivity contribution in [1.29, 1.82) is 0 Å². The highest BCUT2D eigenvalue weighted by Gasteiger charge is 2.49. The Morgan fingerprint density at radius 3 is 2.25 bits per heavy atom. The second-order valence-electron chi connectivity index (χ2n) is 14.9. The number of carbonyl (C=O) groups excluding carboxylic acids is 2. The van der Waals surface area contributed by atoms with Crippen molar-refractivity contribution >= 4 is 52.1 Å². The molecule has 2 amide bonds. The molecule has 3 aliphatic rings. The Hall–Kier alpha value is -5.92. The van der Waals surface area contributed by atoms with Gasteiger partial charge in [0.1, 0.15) is 0 Å². The van der Waals surface area contributed by atoms with E-state index in [1.54, 1.807) is 40.5 Å². The van der Waals surface area contributed by atoms with E-state index in [1.807, 2.05) is 48.5 Å². The third-order valence-electron chi connectivity index (χ3n) is 11.5. The van der Waals surface area contributed by atoms with Gasteiger partial charge >= 0.3 is 0 Å². The lowest BCUT2D eigenvalue weighted by molar-refractivity contribution is -0.384. The van der Waals surface area contributed by atoms with Gasteiger partial charge in [0.05, 0.1) is 63.0 Å². The normalized spacial score (nSPS) is 17.6. The topological polar surface area (TPSA) is 158 Å². The van der Waals surface area contributed by atoms with Crippen LogP contribution in [0.25, 0.3) is 22.4 Å². The molecule has 1 spiro atoms.